The van der Waals surface area contributed by atoms with Gasteiger partial charge in [0.25, 0.3) is 0 Å². The first-order valence-corrected chi connectivity index (χ1v) is 7.88. The van der Waals surface area contributed by atoms with E-state index in [1.54, 1.807) is 4.90 Å². The van der Waals surface area contributed by atoms with Gasteiger partial charge in [-0.1, -0.05) is 0 Å². The summed E-state index contributed by atoms with van der Waals surface area (Å²) < 4.78 is 49.3. The minimum Gasteiger partial charge on any atom is -0.346 e. The highest BCUT2D eigenvalue weighted by atomic mass is 19.4. The van der Waals surface area contributed by atoms with Gasteiger partial charge in [0.2, 0.25) is 11.8 Å². The van der Waals surface area contributed by atoms with Gasteiger partial charge in [-0.15, -0.1) is 0 Å². The fraction of sp³-hybridized carbons (Fsp3) is 0.500. The summed E-state index contributed by atoms with van der Waals surface area (Å²) in [5.74, 6) is -1.40. The first kappa shape index (κ1) is 19.2. The summed E-state index contributed by atoms with van der Waals surface area (Å²) in [5.41, 5.74) is 0.451. The van der Waals surface area contributed by atoms with E-state index in [-0.39, 0.29) is 18.9 Å². The van der Waals surface area contributed by atoms with Crippen LogP contribution in [0.1, 0.15) is 19.3 Å². The van der Waals surface area contributed by atoms with Crippen molar-refractivity contribution in [2.24, 2.45) is 0 Å². The maximum absolute atomic E-state index is 12.8. The Labute approximate surface area is 142 Å². The van der Waals surface area contributed by atoms with E-state index in [4.69, 9.17) is 0 Å². The molecule has 1 aromatic rings. The Balaban J connectivity index is 1.79. The van der Waals surface area contributed by atoms with Crippen LogP contribution in [0.5, 0.6) is 0 Å². The van der Waals surface area contributed by atoms with Gasteiger partial charge in [0, 0.05) is 18.7 Å². The number of amides is 2. The van der Waals surface area contributed by atoms with Crippen molar-refractivity contribution in [3.05, 3.63) is 30.1 Å². The van der Waals surface area contributed by atoms with Crippen molar-refractivity contribution < 1.29 is 27.2 Å². The smallest absolute Gasteiger partial charge is 0.346 e. The normalized spacial score (nSPS) is 18.2. The lowest BCUT2D eigenvalue weighted by atomic mass is 10.2. The molecule has 1 aromatic carbocycles. The summed E-state index contributed by atoms with van der Waals surface area (Å²) in [6.45, 7) is -0.549. The number of halogens is 4. The largest absolute Gasteiger partial charge is 0.405 e. The summed E-state index contributed by atoms with van der Waals surface area (Å²) in [4.78, 5) is 25.5. The lowest BCUT2D eigenvalue weighted by molar-refractivity contribution is -0.141. The molecule has 25 heavy (non-hydrogen) atoms. The summed E-state index contributed by atoms with van der Waals surface area (Å²) in [5, 5.41) is 4.49. The zero-order valence-electron chi connectivity index (χ0n) is 13.4. The van der Waals surface area contributed by atoms with E-state index in [9.17, 15) is 27.2 Å². The molecule has 138 valence electrons. The van der Waals surface area contributed by atoms with Gasteiger partial charge in [0.1, 0.15) is 12.4 Å². The molecule has 0 aliphatic carbocycles. The molecule has 1 unspecified atom stereocenters. The Morgan fingerprint density at radius 2 is 1.88 bits per heavy atom. The van der Waals surface area contributed by atoms with E-state index in [0.717, 1.165) is 0 Å². The van der Waals surface area contributed by atoms with Crippen molar-refractivity contribution >= 4 is 17.5 Å². The Hall–Kier alpha value is -2.16. The third-order valence-corrected chi connectivity index (χ3v) is 3.88. The number of nitrogens with zero attached hydrogens (tertiary/aromatic N) is 1. The quantitative estimate of drug-likeness (QED) is 0.765. The van der Waals surface area contributed by atoms with Crippen LogP contribution in [0.15, 0.2) is 24.3 Å². The van der Waals surface area contributed by atoms with Gasteiger partial charge in [-0.2, -0.15) is 13.2 Å². The van der Waals surface area contributed by atoms with Crippen molar-refractivity contribution in [3.63, 3.8) is 0 Å². The van der Waals surface area contributed by atoms with Crippen molar-refractivity contribution in [1.82, 2.24) is 10.2 Å². The fourth-order valence-corrected chi connectivity index (χ4v) is 2.70. The molecule has 1 heterocycles. The highest BCUT2D eigenvalue weighted by molar-refractivity contribution is 5.90. The standard InChI is InChI=1S/C16H19F4N3O2/c17-11-3-5-12(6-4-11)22-14(24)7-9-23-8-1-2-13(23)15(25)21-10-16(18,19)20/h3-6,13H,1-2,7-10H2,(H,21,25)(H,22,24). The maximum Gasteiger partial charge on any atom is 0.405 e. The average molecular weight is 361 g/mol. The highest BCUT2D eigenvalue weighted by Crippen LogP contribution is 2.19. The third kappa shape index (κ3) is 6.33. The average Bonchev–Trinajstić information content (AvgIpc) is 3.01. The number of rotatable bonds is 6. The molecule has 9 heteroatoms. The molecule has 1 aliphatic heterocycles. The third-order valence-electron chi connectivity index (χ3n) is 3.88. The fourth-order valence-electron chi connectivity index (χ4n) is 2.70. The van der Waals surface area contributed by atoms with E-state index in [2.05, 4.69) is 5.32 Å². The molecule has 1 saturated heterocycles. The summed E-state index contributed by atoms with van der Waals surface area (Å²) >= 11 is 0. The molecular weight excluding hydrogens is 342 g/mol. The number of hydrogen-bond donors (Lipinski definition) is 2. The van der Waals surface area contributed by atoms with E-state index in [1.165, 1.54) is 24.3 Å². The maximum atomic E-state index is 12.8. The zero-order chi connectivity index (χ0) is 18.4. The van der Waals surface area contributed by atoms with Crippen LogP contribution in [0, 0.1) is 5.82 Å². The minimum absolute atomic E-state index is 0.0838. The zero-order valence-corrected chi connectivity index (χ0v) is 13.4. The van der Waals surface area contributed by atoms with E-state index in [0.29, 0.717) is 25.1 Å². The molecule has 5 nitrogen and oxygen atoms in total. The molecule has 2 amide bonds. The predicted molar refractivity (Wildman–Crippen MR) is 83.3 cm³/mol. The van der Waals surface area contributed by atoms with Crippen LogP contribution < -0.4 is 10.6 Å². The lowest BCUT2D eigenvalue weighted by Gasteiger charge is -2.23. The van der Waals surface area contributed by atoms with Crippen molar-refractivity contribution in [3.8, 4) is 0 Å². The van der Waals surface area contributed by atoms with Crippen LogP contribution >= 0.6 is 0 Å². The van der Waals surface area contributed by atoms with Crippen molar-refractivity contribution in [1.29, 1.82) is 0 Å². The minimum atomic E-state index is -4.45. The van der Waals surface area contributed by atoms with Crippen LogP contribution in [0.25, 0.3) is 0 Å². The molecule has 1 aliphatic rings. The first-order valence-electron chi connectivity index (χ1n) is 7.88. The van der Waals surface area contributed by atoms with Crippen molar-refractivity contribution in [2.75, 3.05) is 25.0 Å². The predicted octanol–water partition coefficient (Wildman–Crippen LogP) is 2.30. The Bertz CT molecular complexity index is 604. The molecule has 0 saturated carbocycles. The SMILES string of the molecule is O=C(CCN1CCCC1C(=O)NCC(F)(F)F)Nc1ccc(F)cc1. The molecule has 0 spiro atoms. The molecule has 2 N–H and O–H groups in total. The van der Waals surface area contributed by atoms with Gasteiger partial charge in [-0.3, -0.25) is 14.5 Å². The summed E-state index contributed by atoms with van der Waals surface area (Å²) in [6.07, 6.45) is -3.22. The van der Waals surface area contributed by atoms with Crippen molar-refractivity contribution in [2.45, 2.75) is 31.5 Å². The molecule has 2 rings (SSSR count). The second-order valence-corrected chi connectivity index (χ2v) is 5.83. The Morgan fingerprint density at radius 3 is 2.52 bits per heavy atom. The van der Waals surface area contributed by atoms with Gasteiger partial charge >= 0.3 is 6.18 Å². The summed E-state index contributed by atoms with van der Waals surface area (Å²) in [6, 6.07) is 4.64. The summed E-state index contributed by atoms with van der Waals surface area (Å²) in [7, 11) is 0. The van der Waals surface area contributed by atoms with Crippen LogP contribution in [0.2, 0.25) is 0 Å². The number of carbonyl (C=O) groups is 2. The molecule has 1 fully saturated rings. The second-order valence-electron chi connectivity index (χ2n) is 5.83. The lowest BCUT2D eigenvalue weighted by Crippen LogP contribution is -2.46. The molecule has 1 atom stereocenters. The monoisotopic (exact) mass is 361 g/mol. The Morgan fingerprint density at radius 1 is 1.20 bits per heavy atom. The highest BCUT2D eigenvalue weighted by Gasteiger charge is 2.34. The Kier molecular flexibility index (Phi) is 6.35. The molecule has 0 radical (unpaired) electrons. The number of nitrogens with one attached hydrogen (secondary N) is 2. The van der Waals surface area contributed by atoms with Crippen LogP contribution in [-0.2, 0) is 9.59 Å². The van der Waals surface area contributed by atoms with Crippen LogP contribution in [-0.4, -0.2) is 48.6 Å². The number of hydrogen-bond acceptors (Lipinski definition) is 3. The van der Waals surface area contributed by atoms with Crippen LogP contribution in [0.4, 0.5) is 23.2 Å². The van der Waals surface area contributed by atoms with E-state index in [1.807, 2.05) is 5.32 Å². The number of benzene rings is 1. The van der Waals surface area contributed by atoms with E-state index >= 15 is 0 Å². The first-order chi connectivity index (χ1) is 11.7. The van der Waals surface area contributed by atoms with Gasteiger partial charge < -0.3 is 10.6 Å². The van der Waals surface area contributed by atoms with Gasteiger partial charge in [0.05, 0.1) is 6.04 Å². The van der Waals surface area contributed by atoms with Gasteiger partial charge in [-0.05, 0) is 43.7 Å². The van der Waals surface area contributed by atoms with Crippen LogP contribution in [0.3, 0.4) is 0 Å². The van der Waals surface area contributed by atoms with Gasteiger partial charge in [0.15, 0.2) is 0 Å². The molecule has 0 aromatic heterocycles. The van der Waals surface area contributed by atoms with Gasteiger partial charge in [-0.25, -0.2) is 4.39 Å². The molecule has 0 bridgehead atoms. The molecular formula is C16H19F4N3O2. The number of likely N-dealkylation sites (tertiary alicyclic amines) is 1. The number of anilines is 1. The number of alkyl halides is 3. The van der Waals surface area contributed by atoms with E-state index < -0.39 is 30.5 Å². The number of carbonyl (C=O) groups excluding carboxylic acids is 2. The topological polar surface area (TPSA) is 61.4 Å². The second kappa shape index (κ2) is 8.28.